The summed E-state index contributed by atoms with van der Waals surface area (Å²) in [5.41, 5.74) is 0.372. The molecule has 1 rings (SSSR count). The molecule has 0 aliphatic carbocycles. The molecule has 0 bridgehead atoms. The van der Waals surface area contributed by atoms with E-state index >= 15 is 0 Å². The van der Waals surface area contributed by atoms with Gasteiger partial charge in [-0.25, -0.2) is 0 Å². The molecular formula is C12H14BrClO4. The average Bonchev–Trinajstić information content (AvgIpc) is 2.28. The Labute approximate surface area is 119 Å². The van der Waals surface area contributed by atoms with Crippen LogP contribution in [0.3, 0.4) is 0 Å². The summed E-state index contributed by atoms with van der Waals surface area (Å²) in [5.74, 6) is -0.558. The van der Waals surface area contributed by atoms with Crippen LogP contribution in [0, 0.1) is 0 Å². The Morgan fingerprint density at radius 1 is 1.50 bits per heavy atom. The Morgan fingerprint density at radius 2 is 2.17 bits per heavy atom. The van der Waals surface area contributed by atoms with Crippen molar-refractivity contribution in [1.29, 1.82) is 0 Å². The standard InChI is InChI=1S/C12H14BrClO4/c1-2-18-11(16)6-10(15)12(17)8-4-3-7(13)5-9(8)14/h3-5,10,12,15,17H,2,6H2,1H3. The fourth-order valence-electron chi connectivity index (χ4n) is 1.45. The molecule has 6 heteroatoms. The Bertz CT molecular complexity index is 425. The largest absolute Gasteiger partial charge is 0.466 e. The number of hydrogen-bond acceptors (Lipinski definition) is 4. The first-order valence-corrected chi connectivity index (χ1v) is 6.59. The molecule has 0 fully saturated rings. The van der Waals surface area contributed by atoms with Gasteiger partial charge in [-0.1, -0.05) is 33.6 Å². The molecule has 0 aliphatic heterocycles. The van der Waals surface area contributed by atoms with Crippen molar-refractivity contribution in [3.63, 3.8) is 0 Å². The average molecular weight is 338 g/mol. The summed E-state index contributed by atoms with van der Waals surface area (Å²) < 4.78 is 5.46. The summed E-state index contributed by atoms with van der Waals surface area (Å²) in [6.45, 7) is 1.91. The van der Waals surface area contributed by atoms with Crippen LogP contribution in [0.4, 0.5) is 0 Å². The van der Waals surface area contributed by atoms with Gasteiger partial charge in [-0.05, 0) is 19.1 Å². The number of ether oxygens (including phenoxy) is 1. The highest BCUT2D eigenvalue weighted by molar-refractivity contribution is 9.10. The predicted octanol–water partition coefficient (Wildman–Crippen LogP) is 2.45. The van der Waals surface area contributed by atoms with E-state index in [2.05, 4.69) is 15.9 Å². The second-order valence-corrected chi connectivity index (χ2v) is 5.01. The zero-order valence-corrected chi connectivity index (χ0v) is 12.1. The van der Waals surface area contributed by atoms with Gasteiger partial charge in [-0.2, -0.15) is 0 Å². The van der Waals surface area contributed by atoms with Crippen molar-refractivity contribution in [2.75, 3.05) is 6.61 Å². The molecule has 2 N–H and O–H groups in total. The van der Waals surface area contributed by atoms with Crippen LogP contribution in [-0.2, 0) is 9.53 Å². The van der Waals surface area contributed by atoms with Gasteiger partial charge in [0.15, 0.2) is 0 Å². The van der Waals surface area contributed by atoms with Crippen LogP contribution >= 0.6 is 27.5 Å². The molecule has 2 unspecified atom stereocenters. The molecule has 18 heavy (non-hydrogen) atoms. The SMILES string of the molecule is CCOC(=O)CC(O)C(O)c1ccc(Br)cc1Cl. The fraction of sp³-hybridized carbons (Fsp3) is 0.417. The highest BCUT2D eigenvalue weighted by Gasteiger charge is 2.23. The van der Waals surface area contributed by atoms with E-state index in [0.717, 1.165) is 4.47 Å². The minimum absolute atomic E-state index is 0.237. The maximum absolute atomic E-state index is 11.2. The van der Waals surface area contributed by atoms with Crippen LogP contribution in [0.5, 0.6) is 0 Å². The van der Waals surface area contributed by atoms with E-state index in [-0.39, 0.29) is 13.0 Å². The van der Waals surface area contributed by atoms with Crippen molar-refractivity contribution in [2.45, 2.75) is 25.6 Å². The van der Waals surface area contributed by atoms with Gasteiger partial charge in [0.2, 0.25) is 0 Å². The molecule has 0 saturated carbocycles. The Balaban J connectivity index is 2.73. The van der Waals surface area contributed by atoms with Crippen LogP contribution in [0.2, 0.25) is 5.02 Å². The van der Waals surface area contributed by atoms with E-state index in [1.807, 2.05) is 0 Å². The van der Waals surface area contributed by atoms with Gasteiger partial charge in [0.05, 0.1) is 19.1 Å². The maximum atomic E-state index is 11.2. The third kappa shape index (κ3) is 4.24. The van der Waals surface area contributed by atoms with Crippen molar-refractivity contribution in [3.05, 3.63) is 33.3 Å². The number of aliphatic hydroxyl groups is 2. The molecule has 0 spiro atoms. The Morgan fingerprint density at radius 3 is 2.72 bits per heavy atom. The van der Waals surface area contributed by atoms with Crippen molar-refractivity contribution in [1.82, 2.24) is 0 Å². The second-order valence-electron chi connectivity index (χ2n) is 3.69. The van der Waals surface area contributed by atoms with E-state index in [1.54, 1.807) is 25.1 Å². The molecule has 2 atom stereocenters. The van der Waals surface area contributed by atoms with Crippen LogP contribution in [0.15, 0.2) is 22.7 Å². The molecule has 4 nitrogen and oxygen atoms in total. The van der Waals surface area contributed by atoms with E-state index in [0.29, 0.717) is 10.6 Å². The topological polar surface area (TPSA) is 66.8 Å². The lowest BCUT2D eigenvalue weighted by atomic mass is 10.0. The van der Waals surface area contributed by atoms with Gasteiger partial charge in [-0.15, -0.1) is 0 Å². The number of rotatable bonds is 5. The minimum Gasteiger partial charge on any atom is -0.466 e. The number of halogens is 2. The first kappa shape index (κ1) is 15.4. The molecule has 0 aliphatic rings. The smallest absolute Gasteiger partial charge is 0.308 e. The van der Waals surface area contributed by atoms with Crippen LogP contribution in [0.1, 0.15) is 25.0 Å². The lowest BCUT2D eigenvalue weighted by Crippen LogP contribution is -2.23. The Hall–Kier alpha value is -0.620. The molecule has 100 valence electrons. The van der Waals surface area contributed by atoms with Crippen molar-refractivity contribution < 1.29 is 19.7 Å². The maximum Gasteiger partial charge on any atom is 0.308 e. The van der Waals surface area contributed by atoms with Crippen molar-refractivity contribution >= 4 is 33.5 Å². The zero-order valence-electron chi connectivity index (χ0n) is 9.77. The van der Waals surface area contributed by atoms with Crippen LogP contribution < -0.4 is 0 Å². The molecule has 0 radical (unpaired) electrons. The zero-order chi connectivity index (χ0) is 13.7. The number of carbonyl (C=O) groups is 1. The Kier molecular flexibility index (Phi) is 6.08. The summed E-state index contributed by atoms with van der Waals surface area (Å²) in [6, 6.07) is 4.89. The summed E-state index contributed by atoms with van der Waals surface area (Å²) >= 11 is 9.19. The van der Waals surface area contributed by atoms with Gasteiger partial charge in [0.25, 0.3) is 0 Å². The fourth-order valence-corrected chi connectivity index (χ4v) is 2.24. The van der Waals surface area contributed by atoms with Crippen molar-refractivity contribution in [3.8, 4) is 0 Å². The highest BCUT2D eigenvalue weighted by Crippen LogP contribution is 2.29. The monoisotopic (exact) mass is 336 g/mol. The van der Waals surface area contributed by atoms with E-state index in [4.69, 9.17) is 16.3 Å². The van der Waals surface area contributed by atoms with Crippen LogP contribution in [-0.4, -0.2) is 28.9 Å². The quantitative estimate of drug-likeness (QED) is 0.810. The predicted molar refractivity (Wildman–Crippen MR) is 71.4 cm³/mol. The molecule has 0 saturated heterocycles. The lowest BCUT2D eigenvalue weighted by molar-refractivity contribution is -0.147. The van der Waals surface area contributed by atoms with Gasteiger partial charge in [0, 0.05) is 15.1 Å². The normalized spacial score (nSPS) is 14.1. The summed E-state index contributed by atoms with van der Waals surface area (Å²) in [5, 5.41) is 20.0. The number of esters is 1. The molecule has 0 aromatic heterocycles. The first-order valence-electron chi connectivity index (χ1n) is 5.42. The molecule has 0 amide bonds. The molecular weight excluding hydrogens is 323 g/mol. The number of carbonyl (C=O) groups excluding carboxylic acids is 1. The molecule has 0 heterocycles. The van der Waals surface area contributed by atoms with Crippen LogP contribution in [0.25, 0.3) is 0 Å². The first-order chi connectivity index (χ1) is 8.45. The van der Waals surface area contributed by atoms with E-state index in [1.165, 1.54) is 0 Å². The second kappa shape index (κ2) is 7.09. The van der Waals surface area contributed by atoms with Crippen molar-refractivity contribution in [2.24, 2.45) is 0 Å². The third-order valence-corrected chi connectivity index (χ3v) is 3.15. The third-order valence-electron chi connectivity index (χ3n) is 2.33. The highest BCUT2D eigenvalue weighted by atomic mass is 79.9. The summed E-state index contributed by atoms with van der Waals surface area (Å²) in [4.78, 5) is 11.2. The molecule has 1 aromatic rings. The number of hydrogen-bond donors (Lipinski definition) is 2. The number of benzene rings is 1. The van der Waals surface area contributed by atoms with E-state index < -0.39 is 18.2 Å². The van der Waals surface area contributed by atoms with E-state index in [9.17, 15) is 15.0 Å². The van der Waals surface area contributed by atoms with Gasteiger partial charge in [0.1, 0.15) is 6.10 Å². The minimum atomic E-state index is -1.25. The van der Waals surface area contributed by atoms with Gasteiger partial charge >= 0.3 is 5.97 Å². The lowest BCUT2D eigenvalue weighted by Gasteiger charge is -2.18. The van der Waals surface area contributed by atoms with Gasteiger partial charge < -0.3 is 14.9 Å². The molecule has 1 aromatic carbocycles. The van der Waals surface area contributed by atoms with Gasteiger partial charge in [-0.3, -0.25) is 4.79 Å². The summed E-state index contributed by atoms with van der Waals surface area (Å²) in [7, 11) is 0. The number of aliphatic hydroxyl groups excluding tert-OH is 2. The summed E-state index contributed by atoms with van der Waals surface area (Å²) in [6.07, 6.45) is -2.75.